The lowest BCUT2D eigenvalue weighted by Crippen LogP contribution is -2.42. The van der Waals surface area contributed by atoms with Crippen molar-refractivity contribution in [1.82, 2.24) is 4.72 Å². The van der Waals surface area contributed by atoms with E-state index >= 15 is 0 Å². The Balaban J connectivity index is 1.75. The number of rotatable bonds is 5. The summed E-state index contributed by atoms with van der Waals surface area (Å²) in [5, 5.41) is 11.8. The fourth-order valence-electron chi connectivity index (χ4n) is 4.28. The molecule has 4 rings (SSSR count). The third kappa shape index (κ3) is 4.31. The second kappa shape index (κ2) is 8.61. The summed E-state index contributed by atoms with van der Waals surface area (Å²) < 4.78 is 28.9. The van der Waals surface area contributed by atoms with E-state index in [4.69, 9.17) is 0 Å². The minimum atomic E-state index is -3.75. The highest BCUT2D eigenvalue weighted by atomic mass is 79.9. The van der Waals surface area contributed by atoms with E-state index in [1.165, 1.54) is 24.3 Å². The Morgan fingerprint density at radius 1 is 0.971 bits per heavy atom. The zero-order chi connectivity index (χ0) is 24.9. The SMILES string of the molecule is CC(c1ccc(Br)cc1)N1C(=O)C(O)(c2ccc(S(=O)(=O)NC(C)(C)C)cc2)c2ccccc21. The number of carbonyl (C=O) groups is 1. The molecule has 0 bridgehead atoms. The van der Waals surface area contributed by atoms with Gasteiger partial charge in [-0.2, -0.15) is 0 Å². The molecule has 0 aliphatic carbocycles. The molecule has 0 saturated heterocycles. The molecule has 1 heterocycles. The van der Waals surface area contributed by atoms with E-state index in [0.717, 1.165) is 10.0 Å². The number of hydrogen-bond acceptors (Lipinski definition) is 4. The van der Waals surface area contributed by atoms with Gasteiger partial charge in [-0.1, -0.05) is 58.4 Å². The van der Waals surface area contributed by atoms with Crippen LogP contribution in [0, 0.1) is 0 Å². The van der Waals surface area contributed by atoms with Crippen LogP contribution in [-0.2, 0) is 20.4 Å². The summed E-state index contributed by atoms with van der Waals surface area (Å²) in [6.07, 6.45) is 0. The van der Waals surface area contributed by atoms with Crippen LogP contribution in [-0.4, -0.2) is 25.0 Å². The summed E-state index contributed by atoms with van der Waals surface area (Å²) in [5.41, 5.74) is -0.251. The summed E-state index contributed by atoms with van der Waals surface area (Å²) in [6, 6.07) is 20.3. The Morgan fingerprint density at radius 2 is 1.56 bits per heavy atom. The lowest BCUT2D eigenvalue weighted by atomic mass is 9.87. The van der Waals surface area contributed by atoms with E-state index in [1.807, 2.05) is 43.3 Å². The predicted molar refractivity (Wildman–Crippen MR) is 136 cm³/mol. The number of aliphatic hydroxyl groups is 1. The van der Waals surface area contributed by atoms with Crippen molar-refractivity contribution in [3.8, 4) is 0 Å². The molecule has 1 amide bonds. The van der Waals surface area contributed by atoms with E-state index in [2.05, 4.69) is 20.7 Å². The number of nitrogens with zero attached hydrogens (tertiary/aromatic N) is 1. The molecule has 0 fully saturated rings. The first-order valence-electron chi connectivity index (χ1n) is 10.9. The van der Waals surface area contributed by atoms with E-state index in [-0.39, 0.29) is 10.9 Å². The molecule has 178 valence electrons. The molecule has 34 heavy (non-hydrogen) atoms. The third-order valence-electron chi connectivity index (χ3n) is 5.84. The van der Waals surface area contributed by atoms with Gasteiger partial charge in [-0.3, -0.25) is 4.79 Å². The van der Waals surface area contributed by atoms with Crippen molar-refractivity contribution in [3.05, 3.63) is 94.0 Å². The summed E-state index contributed by atoms with van der Waals surface area (Å²) in [6.45, 7) is 7.20. The molecular weight excluding hydrogens is 516 g/mol. The Labute approximate surface area is 208 Å². The first kappa shape index (κ1) is 24.6. The van der Waals surface area contributed by atoms with Gasteiger partial charge in [0, 0.05) is 15.6 Å². The van der Waals surface area contributed by atoms with E-state index in [1.54, 1.807) is 37.8 Å². The summed E-state index contributed by atoms with van der Waals surface area (Å²) in [4.78, 5) is 15.4. The molecule has 2 unspecified atom stereocenters. The smallest absolute Gasteiger partial charge is 0.269 e. The molecule has 2 N–H and O–H groups in total. The van der Waals surface area contributed by atoms with Gasteiger partial charge in [-0.25, -0.2) is 13.1 Å². The highest BCUT2D eigenvalue weighted by Crippen LogP contribution is 2.47. The maximum atomic E-state index is 13.8. The summed E-state index contributed by atoms with van der Waals surface area (Å²) >= 11 is 3.43. The standard InChI is InChI=1S/C26H27BrN2O4S/c1-17(18-9-13-20(27)14-10-18)29-23-8-6-5-7-22(23)26(31,24(29)30)19-11-15-21(16-12-19)34(32,33)28-25(2,3)4/h5-17,28,31H,1-4H3. The number of amides is 1. The maximum Gasteiger partial charge on any atom is 0.269 e. The van der Waals surface area contributed by atoms with Gasteiger partial charge in [0.15, 0.2) is 5.60 Å². The van der Waals surface area contributed by atoms with E-state index in [0.29, 0.717) is 16.8 Å². The Morgan fingerprint density at radius 3 is 2.15 bits per heavy atom. The van der Waals surface area contributed by atoms with Crippen molar-refractivity contribution in [2.24, 2.45) is 0 Å². The van der Waals surface area contributed by atoms with Crippen LogP contribution in [0.15, 0.2) is 82.2 Å². The minimum absolute atomic E-state index is 0.0635. The quantitative estimate of drug-likeness (QED) is 0.481. The number of nitrogens with one attached hydrogen (secondary N) is 1. The highest BCUT2D eigenvalue weighted by Gasteiger charge is 2.52. The predicted octanol–water partition coefficient (Wildman–Crippen LogP) is 4.87. The molecule has 1 aliphatic heterocycles. The Kier molecular flexibility index (Phi) is 6.23. The second-order valence-corrected chi connectivity index (χ2v) is 12.1. The molecular formula is C26H27BrN2O4S. The van der Waals surface area contributed by atoms with Crippen molar-refractivity contribution < 1.29 is 18.3 Å². The number of para-hydroxylation sites is 1. The van der Waals surface area contributed by atoms with Crippen LogP contribution in [0.2, 0.25) is 0 Å². The third-order valence-corrected chi connectivity index (χ3v) is 8.15. The fourth-order valence-corrected chi connectivity index (χ4v) is 5.96. The van der Waals surface area contributed by atoms with Gasteiger partial charge < -0.3 is 10.0 Å². The molecule has 2 atom stereocenters. The van der Waals surface area contributed by atoms with Crippen molar-refractivity contribution >= 4 is 37.5 Å². The van der Waals surface area contributed by atoms with Crippen LogP contribution in [0.4, 0.5) is 5.69 Å². The van der Waals surface area contributed by atoms with Gasteiger partial charge in [-0.05, 0) is 69.2 Å². The lowest BCUT2D eigenvalue weighted by Gasteiger charge is -2.28. The number of halogens is 1. The highest BCUT2D eigenvalue weighted by molar-refractivity contribution is 9.10. The van der Waals surface area contributed by atoms with Gasteiger partial charge in [0.2, 0.25) is 10.0 Å². The van der Waals surface area contributed by atoms with E-state index in [9.17, 15) is 18.3 Å². The summed E-state index contributed by atoms with van der Waals surface area (Å²) in [7, 11) is -3.75. The van der Waals surface area contributed by atoms with Gasteiger partial charge in [0.1, 0.15) is 0 Å². The Bertz CT molecular complexity index is 1330. The molecule has 0 aromatic heterocycles. The number of hydrogen-bond donors (Lipinski definition) is 2. The molecule has 0 saturated carbocycles. The van der Waals surface area contributed by atoms with Crippen LogP contribution >= 0.6 is 15.9 Å². The molecule has 0 spiro atoms. The lowest BCUT2D eigenvalue weighted by molar-refractivity contribution is -0.132. The molecule has 1 aliphatic rings. The van der Waals surface area contributed by atoms with Crippen molar-refractivity contribution in [2.75, 3.05) is 4.90 Å². The molecule has 8 heteroatoms. The maximum absolute atomic E-state index is 13.8. The molecule has 0 radical (unpaired) electrons. The Hall–Kier alpha value is -2.52. The van der Waals surface area contributed by atoms with Crippen LogP contribution in [0.3, 0.4) is 0 Å². The monoisotopic (exact) mass is 542 g/mol. The number of sulfonamides is 1. The first-order valence-corrected chi connectivity index (χ1v) is 13.2. The molecule has 3 aromatic carbocycles. The zero-order valence-electron chi connectivity index (χ0n) is 19.4. The largest absolute Gasteiger partial charge is 0.372 e. The number of anilines is 1. The molecule has 6 nitrogen and oxygen atoms in total. The van der Waals surface area contributed by atoms with Crippen molar-refractivity contribution in [1.29, 1.82) is 0 Å². The minimum Gasteiger partial charge on any atom is -0.372 e. The molecule has 3 aromatic rings. The van der Waals surface area contributed by atoms with Crippen molar-refractivity contribution in [2.45, 2.75) is 49.8 Å². The van der Waals surface area contributed by atoms with Crippen LogP contribution in [0.1, 0.15) is 50.4 Å². The van der Waals surface area contributed by atoms with Gasteiger partial charge in [0.25, 0.3) is 5.91 Å². The number of benzene rings is 3. The van der Waals surface area contributed by atoms with Crippen LogP contribution in [0.5, 0.6) is 0 Å². The first-order chi connectivity index (χ1) is 15.8. The zero-order valence-corrected chi connectivity index (χ0v) is 21.8. The average Bonchev–Trinajstić information content (AvgIpc) is 3.00. The summed E-state index contributed by atoms with van der Waals surface area (Å²) in [5.74, 6) is -0.479. The average molecular weight is 543 g/mol. The van der Waals surface area contributed by atoms with Crippen molar-refractivity contribution in [3.63, 3.8) is 0 Å². The van der Waals surface area contributed by atoms with Crippen LogP contribution < -0.4 is 9.62 Å². The second-order valence-electron chi connectivity index (χ2n) is 9.51. The van der Waals surface area contributed by atoms with Gasteiger partial charge in [0.05, 0.1) is 16.6 Å². The normalized spacial score (nSPS) is 19.2. The van der Waals surface area contributed by atoms with Crippen LogP contribution in [0.25, 0.3) is 0 Å². The topological polar surface area (TPSA) is 86.7 Å². The number of carbonyl (C=O) groups excluding carboxylic acids is 1. The number of fused-ring (bicyclic) bond motifs is 1. The van der Waals surface area contributed by atoms with E-state index < -0.39 is 27.1 Å². The fraction of sp³-hybridized carbons (Fsp3) is 0.269. The van der Waals surface area contributed by atoms with Gasteiger partial charge >= 0.3 is 0 Å². The van der Waals surface area contributed by atoms with Gasteiger partial charge in [-0.15, -0.1) is 0 Å².